The van der Waals surface area contributed by atoms with Gasteiger partial charge in [-0.3, -0.25) is 15.2 Å². The van der Waals surface area contributed by atoms with Crippen molar-refractivity contribution in [2.75, 3.05) is 11.6 Å². The molecule has 0 spiro atoms. The molecule has 0 bridgehead atoms. The third-order valence-electron chi connectivity index (χ3n) is 2.54. The average Bonchev–Trinajstić information content (AvgIpc) is 2.42. The first kappa shape index (κ1) is 10.3. The molecule has 1 fully saturated rings. The number of rotatable bonds is 1. The van der Waals surface area contributed by atoms with Crippen LogP contribution in [0.15, 0.2) is 24.3 Å². The van der Waals surface area contributed by atoms with Crippen LogP contribution < -0.4 is 10.4 Å². The van der Waals surface area contributed by atoms with Crippen LogP contribution in [0.5, 0.6) is 0 Å². The van der Waals surface area contributed by atoms with E-state index in [-0.39, 0.29) is 11.3 Å². The van der Waals surface area contributed by atoms with Crippen LogP contribution in [-0.4, -0.2) is 12.5 Å². The highest BCUT2D eigenvalue weighted by Gasteiger charge is 2.37. The van der Waals surface area contributed by atoms with Crippen LogP contribution in [0.1, 0.15) is 13.8 Å². The fourth-order valence-electron chi connectivity index (χ4n) is 1.56. The van der Waals surface area contributed by atoms with Crippen LogP contribution in [0.4, 0.5) is 5.69 Å². The summed E-state index contributed by atoms with van der Waals surface area (Å²) in [7, 11) is 0. The van der Waals surface area contributed by atoms with E-state index in [1.807, 2.05) is 43.1 Å². The smallest absolute Gasteiger partial charge is 0.246 e. The molecule has 0 unspecified atom stereocenters. The molecule has 3 nitrogen and oxygen atoms in total. The number of carbonyl (C=O) groups excluding carboxylic acids is 1. The minimum absolute atomic E-state index is 0.0532. The molecular weight excluding hydrogens is 212 g/mol. The van der Waals surface area contributed by atoms with Gasteiger partial charge in [0.05, 0.1) is 17.6 Å². The molecule has 15 heavy (non-hydrogen) atoms. The maximum absolute atomic E-state index is 11.6. The lowest BCUT2D eigenvalue weighted by atomic mass is 9.94. The van der Waals surface area contributed by atoms with Crippen molar-refractivity contribution in [1.29, 1.82) is 0 Å². The lowest BCUT2D eigenvalue weighted by Gasteiger charge is -2.18. The molecule has 1 N–H and O–H groups in total. The molecule has 0 aromatic heterocycles. The Hall–Kier alpha value is -1.22. The summed E-state index contributed by atoms with van der Waals surface area (Å²) >= 11 is 5.80. The molecule has 1 heterocycles. The number of hydrogen-bond donors (Lipinski definition) is 1. The Balaban J connectivity index is 2.21. The second-order valence-electron chi connectivity index (χ2n) is 4.39. The highest BCUT2D eigenvalue weighted by molar-refractivity contribution is 6.30. The molecule has 4 heteroatoms. The minimum atomic E-state index is -0.334. The number of benzene rings is 1. The first-order chi connectivity index (χ1) is 6.99. The Morgan fingerprint density at radius 1 is 1.33 bits per heavy atom. The molecule has 1 aromatic rings. The van der Waals surface area contributed by atoms with Crippen LogP contribution in [-0.2, 0) is 4.79 Å². The van der Waals surface area contributed by atoms with Gasteiger partial charge in [0.15, 0.2) is 0 Å². The predicted octanol–water partition coefficient (Wildman–Crippen LogP) is 2.22. The molecule has 1 aliphatic heterocycles. The van der Waals surface area contributed by atoms with Gasteiger partial charge in [0, 0.05) is 5.02 Å². The van der Waals surface area contributed by atoms with Gasteiger partial charge < -0.3 is 0 Å². The summed E-state index contributed by atoms with van der Waals surface area (Å²) in [6.45, 7) is 4.53. The van der Waals surface area contributed by atoms with Crippen molar-refractivity contribution in [1.82, 2.24) is 5.43 Å². The van der Waals surface area contributed by atoms with Gasteiger partial charge in [0.25, 0.3) is 0 Å². The van der Waals surface area contributed by atoms with Crippen molar-refractivity contribution >= 4 is 23.2 Å². The molecule has 1 aliphatic rings. The second kappa shape index (κ2) is 3.42. The van der Waals surface area contributed by atoms with Crippen molar-refractivity contribution < 1.29 is 4.79 Å². The van der Waals surface area contributed by atoms with Crippen LogP contribution in [0.25, 0.3) is 0 Å². The van der Waals surface area contributed by atoms with Crippen LogP contribution >= 0.6 is 11.6 Å². The third kappa shape index (κ3) is 1.92. The van der Waals surface area contributed by atoms with E-state index in [2.05, 4.69) is 5.43 Å². The Morgan fingerprint density at radius 2 is 1.93 bits per heavy atom. The summed E-state index contributed by atoms with van der Waals surface area (Å²) in [6, 6.07) is 7.41. The van der Waals surface area contributed by atoms with E-state index in [4.69, 9.17) is 11.6 Å². The fourth-order valence-corrected chi connectivity index (χ4v) is 1.68. The highest BCUT2D eigenvalue weighted by Crippen LogP contribution is 2.27. The molecule has 0 radical (unpaired) electrons. The number of nitrogens with zero attached hydrogens (tertiary/aromatic N) is 1. The van der Waals surface area contributed by atoms with E-state index in [1.54, 1.807) is 0 Å². The van der Waals surface area contributed by atoms with Crippen LogP contribution in [0.3, 0.4) is 0 Å². The molecular formula is C11H13ClN2O. The van der Waals surface area contributed by atoms with E-state index in [9.17, 15) is 4.79 Å². The predicted molar refractivity (Wildman–Crippen MR) is 60.7 cm³/mol. The lowest BCUT2D eigenvalue weighted by molar-refractivity contribution is -0.125. The molecule has 1 saturated heterocycles. The number of anilines is 1. The van der Waals surface area contributed by atoms with Crippen molar-refractivity contribution in [3.63, 3.8) is 0 Å². The van der Waals surface area contributed by atoms with E-state index in [0.29, 0.717) is 11.6 Å². The topological polar surface area (TPSA) is 32.3 Å². The third-order valence-corrected chi connectivity index (χ3v) is 2.79. The number of hydrogen-bond acceptors (Lipinski definition) is 2. The van der Waals surface area contributed by atoms with Crippen molar-refractivity contribution in [2.45, 2.75) is 13.8 Å². The lowest BCUT2D eigenvalue weighted by Crippen LogP contribution is -2.33. The zero-order chi connectivity index (χ0) is 11.1. The van der Waals surface area contributed by atoms with Gasteiger partial charge in [0.1, 0.15) is 0 Å². The zero-order valence-electron chi connectivity index (χ0n) is 8.75. The van der Waals surface area contributed by atoms with Crippen molar-refractivity contribution in [3.05, 3.63) is 29.3 Å². The van der Waals surface area contributed by atoms with Crippen LogP contribution in [0, 0.1) is 5.41 Å². The average molecular weight is 225 g/mol. The quantitative estimate of drug-likeness (QED) is 0.794. The van der Waals surface area contributed by atoms with Gasteiger partial charge in [0.2, 0.25) is 5.91 Å². The van der Waals surface area contributed by atoms with E-state index >= 15 is 0 Å². The van der Waals surface area contributed by atoms with Crippen molar-refractivity contribution in [2.24, 2.45) is 5.41 Å². The van der Waals surface area contributed by atoms with E-state index in [0.717, 1.165) is 5.69 Å². The summed E-state index contributed by atoms with van der Waals surface area (Å²) in [5.41, 5.74) is 3.45. The van der Waals surface area contributed by atoms with Gasteiger partial charge >= 0.3 is 0 Å². The monoisotopic (exact) mass is 224 g/mol. The largest absolute Gasteiger partial charge is 0.284 e. The molecule has 1 amide bonds. The standard InChI is InChI=1S/C11H13ClN2O/c1-11(2)7-14(13-10(11)15)9-5-3-8(12)4-6-9/h3-6H,7H2,1-2H3,(H,13,15). The van der Waals surface area contributed by atoms with Crippen molar-refractivity contribution in [3.8, 4) is 0 Å². The van der Waals surface area contributed by atoms with E-state index in [1.165, 1.54) is 0 Å². The Bertz CT molecular complexity index is 386. The first-order valence-electron chi connectivity index (χ1n) is 4.83. The normalized spacial score (nSPS) is 19.1. The molecule has 1 aromatic carbocycles. The van der Waals surface area contributed by atoms with Gasteiger partial charge in [-0.1, -0.05) is 11.6 Å². The molecule has 0 atom stereocenters. The Morgan fingerprint density at radius 3 is 2.40 bits per heavy atom. The Kier molecular flexibility index (Phi) is 2.35. The highest BCUT2D eigenvalue weighted by atomic mass is 35.5. The van der Waals surface area contributed by atoms with Gasteiger partial charge in [-0.2, -0.15) is 0 Å². The number of halogens is 1. The number of nitrogens with one attached hydrogen (secondary N) is 1. The summed E-state index contributed by atoms with van der Waals surface area (Å²) in [6.07, 6.45) is 0. The van der Waals surface area contributed by atoms with Gasteiger partial charge in [-0.05, 0) is 38.1 Å². The van der Waals surface area contributed by atoms with Gasteiger partial charge in [-0.15, -0.1) is 0 Å². The number of amides is 1. The van der Waals surface area contributed by atoms with E-state index < -0.39 is 0 Å². The minimum Gasteiger partial charge on any atom is -0.284 e. The fraction of sp³-hybridized carbons (Fsp3) is 0.364. The molecule has 2 rings (SSSR count). The maximum Gasteiger partial charge on any atom is 0.246 e. The SMILES string of the molecule is CC1(C)CN(c2ccc(Cl)cc2)NC1=O. The molecule has 0 aliphatic carbocycles. The molecule has 80 valence electrons. The second-order valence-corrected chi connectivity index (χ2v) is 4.82. The summed E-state index contributed by atoms with van der Waals surface area (Å²) in [5.74, 6) is 0.0532. The van der Waals surface area contributed by atoms with Gasteiger partial charge in [-0.25, -0.2) is 0 Å². The zero-order valence-corrected chi connectivity index (χ0v) is 9.51. The number of carbonyl (C=O) groups is 1. The summed E-state index contributed by atoms with van der Waals surface area (Å²) < 4.78 is 0. The summed E-state index contributed by atoms with van der Waals surface area (Å²) in [5, 5.41) is 2.54. The summed E-state index contributed by atoms with van der Waals surface area (Å²) in [4.78, 5) is 11.6. The maximum atomic E-state index is 11.6. The Labute approximate surface area is 94.0 Å². The first-order valence-corrected chi connectivity index (χ1v) is 5.21. The molecule has 0 saturated carbocycles. The van der Waals surface area contributed by atoms with Crippen LogP contribution in [0.2, 0.25) is 5.02 Å². The number of hydrazine groups is 1.